The number of aromatic nitrogens is 3. The zero-order valence-corrected chi connectivity index (χ0v) is 23.3. The summed E-state index contributed by atoms with van der Waals surface area (Å²) in [6.07, 6.45) is 0.147. The third kappa shape index (κ3) is 7.76. The molecule has 1 fully saturated rings. The van der Waals surface area contributed by atoms with Gasteiger partial charge in [-0.05, 0) is 25.0 Å². The topological polar surface area (TPSA) is 168 Å². The Bertz CT molecular complexity index is 1220. The molecule has 0 radical (unpaired) electrons. The first-order valence-electron chi connectivity index (χ1n) is 12.3. The van der Waals surface area contributed by atoms with Crippen LogP contribution in [0.2, 0.25) is 0 Å². The normalized spacial score (nSPS) is 22.8. The summed E-state index contributed by atoms with van der Waals surface area (Å²) >= 11 is 0.508. The average molecular weight is 592 g/mol. The number of thioether (sulfide) groups is 1. The molecule has 0 saturated carbocycles. The van der Waals surface area contributed by atoms with Crippen molar-refractivity contribution in [1.82, 2.24) is 19.6 Å². The van der Waals surface area contributed by atoms with Gasteiger partial charge in [-0.15, -0.1) is 11.8 Å². The van der Waals surface area contributed by atoms with Crippen molar-refractivity contribution in [3.63, 3.8) is 0 Å². The number of carbonyl (C=O) groups is 1. The van der Waals surface area contributed by atoms with E-state index in [0.717, 1.165) is 19.2 Å². The first-order valence-corrected chi connectivity index (χ1v) is 14.7. The molecule has 0 amide bonds. The van der Waals surface area contributed by atoms with Gasteiger partial charge in [-0.2, -0.15) is 10.1 Å². The molecule has 216 valence electrons. The van der Waals surface area contributed by atoms with E-state index < -0.39 is 54.7 Å². The molecule has 1 aromatic carbocycles. The van der Waals surface area contributed by atoms with Gasteiger partial charge in [0.1, 0.15) is 24.2 Å². The number of alkyl halides is 2. The molecule has 0 spiro atoms. The monoisotopic (exact) mass is 591 g/mol. The number of nitrogens with one attached hydrogen (secondary N) is 1. The van der Waals surface area contributed by atoms with Gasteiger partial charge >= 0.3 is 25.3 Å². The van der Waals surface area contributed by atoms with Crippen molar-refractivity contribution in [1.29, 1.82) is 0 Å². The van der Waals surface area contributed by atoms with Crippen LogP contribution in [0.25, 0.3) is 0 Å². The largest absolute Gasteiger partial charge is 0.464 e. The highest BCUT2D eigenvalue weighted by molar-refractivity contribution is 8.00. The van der Waals surface area contributed by atoms with Crippen molar-refractivity contribution in [3.8, 4) is 5.75 Å². The number of benzene rings is 1. The standard InChI is InChI=1S/C23H32F2N5O7PS/c1-4-15(5-2)11-35-19(32)14(3)29-38(34,37-16-9-7-6-8-10-16)36-12-17-18(31)23(24,25)20(39-17)30-13-27-21(26)28-22(30)33/h6-10,13-15,17-18,20,31H,4-5,11-12H2,1-3H3,(H,29,34)(H2,26,28,33)/t14-,17+,18?,20+,38?/m0/s1. The Labute approximate surface area is 228 Å². The fourth-order valence-corrected chi connectivity index (χ4v) is 6.66. The quantitative estimate of drug-likeness (QED) is 0.230. The zero-order valence-electron chi connectivity index (χ0n) is 21.6. The molecular weight excluding hydrogens is 559 g/mol. The number of nitrogens with two attached hydrogens (primary N) is 1. The van der Waals surface area contributed by atoms with E-state index >= 15 is 0 Å². The molecule has 1 aliphatic rings. The number of aliphatic hydroxyl groups is 1. The van der Waals surface area contributed by atoms with Crippen LogP contribution in [0.5, 0.6) is 5.75 Å². The smallest absolute Gasteiger partial charge is 0.459 e. The molecule has 0 aliphatic carbocycles. The van der Waals surface area contributed by atoms with Crippen LogP contribution in [0, 0.1) is 5.92 Å². The highest BCUT2D eigenvalue weighted by atomic mass is 32.2. The lowest BCUT2D eigenvalue weighted by molar-refractivity contribution is -0.146. The molecule has 2 unspecified atom stereocenters. The Morgan fingerprint density at radius 3 is 2.59 bits per heavy atom. The third-order valence-corrected chi connectivity index (χ3v) is 9.26. The van der Waals surface area contributed by atoms with E-state index in [9.17, 15) is 28.0 Å². The maximum atomic E-state index is 15.0. The molecule has 1 aromatic heterocycles. The molecule has 4 N–H and O–H groups in total. The Morgan fingerprint density at radius 1 is 1.31 bits per heavy atom. The molecule has 3 rings (SSSR count). The van der Waals surface area contributed by atoms with Gasteiger partial charge in [0.2, 0.25) is 5.95 Å². The number of ether oxygens (including phenoxy) is 1. The molecule has 16 heteroatoms. The number of aliphatic hydroxyl groups excluding tert-OH is 1. The SMILES string of the molecule is CCC(CC)COC(=O)[C@H](C)NP(=O)(OC[C@H]1S[C@@H](n2cnc(N)nc2=O)C(F)(F)C1O)Oc1ccccc1. The fourth-order valence-electron chi connectivity index (χ4n) is 3.64. The minimum atomic E-state index is -4.37. The summed E-state index contributed by atoms with van der Waals surface area (Å²) in [5, 5.41) is 9.63. The van der Waals surface area contributed by atoms with Gasteiger partial charge in [-0.1, -0.05) is 44.9 Å². The molecular formula is C23H32F2N5O7PS. The maximum Gasteiger partial charge on any atom is 0.459 e. The van der Waals surface area contributed by atoms with Crippen LogP contribution < -0.4 is 21.0 Å². The number of hydrogen-bond donors (Lipinski definition) is 3. The van der Waals surface area contributed by atoms with E-state index in [4.69, 9.17) is 19.5 Å². The number of carbonyl (C=O) groups excluding carboxylic acids is 1. The van der Waals surface area contributed by atoms with Crippen molar-refractivity contribution >= 4 is 31.4 Å². The Kier molecular flexibility index (Phi) is 10.5. The Morgan fingerprint density at radius 2 is 1.97 bits per heavy atom. The van der Waals surface area contributed by atoms with Gasteiger partial charge in [0, 0.05) is 0 Å². The van der Waals surface area contributed by atoms with Crippen LogP contribution in [-0.2, 0) is 18.6 Å². The van der Waals surface area contributed by atoms with Crippen LogP contribution in [0.15, 0.2) is 41.5 Å². The van der Waals surface area contributed by atoms with Crippen LogP contribution in [0.3, 0.4) is 0 Å². The minimum absolute atomic E-state index is 0.124. The zero-order chi connectivity index (χ0) is 28.8. The second-order valence-corrected chi connectivity index (χ2v) is 11.9. The average Bonchev–Trinajstić information content (AvgIpc) is 3.12. The molecule has 1 aliphatic heterocycles. The summed E-state index contributed by atoms with van der Waals surface area (Å²) in [6.45, 7) is 4.84. The number of anilines is 1. The van der Waals surface area contributed by atoms with Gasteiger partial charge in [-0.25, -0.2) is 23.1 Å². The number of para-hydroxylation sites is 1. The van der Waals surface area contributed by atoms with E-state index in [1.807, 2.05) is 13.8 Å². The van der Waals surface area contributed by atoms with Crippen molar-refractivity contribution < 1.29 is 37.0 Å². The predicted octanol–water partition coefficient (Wildman–Crippen LogP) is 2.99. The fraction of sp³-hybridized carbons (Fsp3) is 0.565. The molecule has 39 heavy (non-hydrogen) atoms. The van der Waals surface area contributed by atoms with E-state index in [0.29, 0.717) is 16.3 Å². The Hall–Kier alpha value is -2.58. The first-order chi connectivity index (χ1) is 18.4. The van der Waals surface area contributed by atoms with Gasteiger partial charge in [-0.3, -0.25) is 13.9 Å². The van der Waals surface area contributed by atoms with Crippen molar-refractivity contribution in [2.45, 2.75) is 62.3 Å². The summed E-state index contributed by atoms with van der Waals surface area (Å²) in [6, 6.07) is 6.76. The Balaban J connectivity index is 1.75. The summed E-state index contributed by atoms with van der Waals surface area (Å²) in [5.74, 6) is -4.60. The number of hydrogen-bond acceptors (Lipinski definition) is 11. The van der Waals surface area contributed by atoms with E-state index in [1.54, 1.807) is 18.2 Å². The lowest BCUT2D eigenvalue weighted by atomic mass is 10.1. The molecule has 12 nitrogen and oxygen atoms in total. The highest BCUT2D eigenvalue weighted by Gasteiger charge is 2.59. The van der Waals surface area contributed by atoms with Crippen molar-refractivity contribution in [2.24, 2.45) is 5.92 Å². The second-order valence-electron chi connectivity index (χ2n) is 8.91. The van der Waals surface area contributed by atoms with Crippen molar-refractivity contribution in [2.75, 3.05) is 18.9 Å². The molecule has 1 saturated heterocycles. The number of halogens is 2. The van der Waals surface area contributed by atoms with Crippen LogP contribution in [0.1, 0.15) is 39.0 Å². The summed E-state index contributed by atoms with van der Waals surface area (Å²) in [7, 11) is -4.37. The van der Waals surface area contributed by atoms with E-state index in [-0.39, 0.29) is 24.2 Å². The molecule has 2 heterocycles. The minimum Gasteiger partial charge on any atom is -0.464 e. The number of rotatable bonds is 13. The van der Waals surface area contributed by atoms with Crippen molar-refractivity contribution in [3.05, 3.63) is 47.1 Å². The van der Waals surface area contributed by atoms with E-state index in [1.165, 1.54) is 19.1 Å². The van der Waals surface area contributed by atoms with E-state index in [2.05, 4.69) is 15.1 Å². The third-order valence-electron chi connectivity index (χ3n) is 6.08. The summed E-state index contributed by atoms with van der Waals surface area (Å²) in [5.41, 5.74) is 4.26. The van der Waals surface area contributed by atoms with Crippen LogP contribution >= 0.6 is 19.5 Å². The van der Waals surface area contributed by atoms with Crippen LogP contribution in [-0.4, -0.2) is 62.1 Å². The first kappa shape index (κ1) is 31.0. The van der Waals surface area contributed by atoms with Crippen LogP contribution in [0.4, 0.5) is 14.7 Å². The lowest BCUT2D eigenvalue weighted by Crippen LogP contribution is -2.42. The van der Waals surface area contributed by atoms with Gasteiger partial charge in [0.05, 0.1) is 18.5 Å². The second kappa shape index (κ2) is 13.2. The van der Waals surface area contributed by atoms with Gasteiger partial charge < -0.3 is 20.1 Å². The number of nitrogens with zero attached hydrogens (tertiary/aromatic N) is 3. The molecule has 5 atom stereocenters. The maximum absolute atomic E-state index is 15.0. The van der Waals surface area contributed by atoms with Gasteiger partial charge in [0.25, 0.3) is 0 Å². The lowest BCUT2D eigenvalue weighted by Gasteiger charge is -2.25. The number of esters is 1. The molecule has 0 bridgehead atoms. The highest BCUT2D eigenvalue weighted by Crippen LogP contribution is 2.53. The van der Waals surface area contributed by atoms with Gasteiger partial charge in [0.15, 0.2) is 5.37 Å². The predicted molar refractivity (Wildman–Crippen MR) is 140 cm³/mol. The summed E-state index contributed by atoms with van der Waals surface area (Å²) < 4.78 is 60.5. The molecule has 2 aromatic rings. The summed E-state index contributed by atoms with van der Waals surface area (Å²) in [4.78, 5) is 31.6. The number of nitrogen functional groups attached to an aromatic ring is 1.